The second-order valence-electron chi connectivity index (χ2n) is 5.15. The minimum atomic E-state index is -0.0615. The fourth-order valence-electron chi connectivity index (χ4n) is 2.23. The molecule has 0 radical (unpaired) electrons. The summed E-state index contributed by atoms with van der Waals surface area (Å²) >= 11 is 5.83. The number of halogens is 1. The molecule has 3 nitrogen and oxygen atoms in total. The lowest BCUT2D eigenvalue weighted by Gasteiger charge is -1.98. The van der Waals surface area contributed by atoms with E-state index in [1.165, 1.54) is 0 Å². The molecule has 0 unspecified atom stereocenters. The number of carbonyl (C=O) groups excluding carboxylic acids is 1. The van der Waals surface area contributed by atoms with Crippen molar-refractivity contribution in [3.8, 4) is 5.69 Å². The molecule has 23 heavy (non-hydrogen) atoms. The Morgan fingerprint density at radius 3 is 2.48 bits per heavy atom. The number of para-hydroxylation sites is 1. The van der Waals surface area contributed by atoms with Crippen LogP contribution in [0.2, 0.25) is 5.02 Å². The van der Waals surface area contributed by atoms with Crippen LogP contribution in [0, 0.1) is 6.92 Å². The highest BCUT2D eigenvalue weighted by molar-refractivity contribution is 6.30. The van der Waals surface area contributed by atoms with Crippen LogP contribution in [0.15, 0.2) is 66.9 Å². The van der Waals surface area contributed by atoms with Gasteiger partial charge in [-0.2, -0.15) is 5.10 Å². The van der Waals surface area contributed by atoms with Crippen LogP contribution in [0.25, 0.3) is 11.8 Å². The second kappa shape index (κ2) is 6.63. The molecule has 0 N–H and O–H groups in total. The van der Waals surface area contributed by atoms with Crippen molar-refractivity contribution < 1.29 is 4.79 Å². The van der Waals surface area contributed by atoms with Crippen LogP contribution in [-0.2, 0) is 0 Å². The van der Waals surface area contributed by atoms with Gasteiger partial charge in [0.2, 0.25) is 0 Å². The van der Waals surface area contributed by atoms with Crippen molar-refractivity contribution in [2.45, 2.75) is 6.92 Å². The van der Waals surface area contributed by atoms with Crippen LogP contribution in [0.4, 0.5) is 0 Å². The molecule has 0 spiro atoms. The maximum absolute atomic E-state index is 12.2. The summed E-state index contributed by atoms with van der Waals surface area (Å²) < 4.78 is 1.81. The zero-order valence-corrected chi connectivity index (χ0v) is 13.4. The van der Waals surface area contributed by atoms with E-state index in [-0.39, 0.29) is 5.78 Å². The first-order valence-corrected chi connectivity index (χ1v) is 7.61. The highest BCUT2D eigenvalue weighted by atomic mass is 35.5. The van der Waals surface area contributed by atoms with Gasteiger partial charge in [0, 0.05) is 22.3 Å². The molecular formula is C19H15ClN2O. The Kier molecular flexibility index (Phi) is 4.40. The molecule has 114 valence electrons. The number of rotatable bonds is 4. The molecule has 1 aromatic heterocycles. The molecule has 0 aliphatic rings. The third-order valence-corrected chi connectivity index (χ3v) is 3.75. The lowest BCUT2D eigenvalue weighted by atomic mass is 10.1. The van der Waals surface area contributed by atoms with Gasteiger partial charge < -0.3 is 0 Å². The molecule has 2 aromatic carbocycles. The molecule has 0 amide bonds. The molecular weight excluding hydrogens is 308 g/mol. The number of nitrogens with zero attached hydrogens (tertiary/aromatic N) is 2. The van der Waals surface area contributed by atoms with Gasteiger partial charge in [-0.15, -0.1) is 0 Å². The van der Waals surface area contributed by atoms with Crippen LogP contribution in [0.3, 0.4) is 0 Å². The summed E-state index contributed by atoms with van der Waals surface area (Å²) in [7, 11) is 0. The van der Waals surface area contributed by atoms with Crippen LogP contribution < -0.4 is 0 Å². The zero-order chi connectivity index (χ0) is 16.2. The van der Waals surface area contributed by atoms with Crippen LogP contribution >= 0.6 is 11.6 Å². The molecule has 0 aliphatic carbocycles. The third-order valence-electron chi connectivity index (χ3n) is 3.50. The molecule has 3 aromatic rings. The van der Waals surface area contributed by atoms with Crippen molar-refractivity contribution in [3.63, 3.8) is 0 Å². The van der Waals surface area contributed by atoms with E-state index in [1.807, 2.05) is 48.1 Å². The number of aryl methyl sites for hydroxylation is 1. The van der Waals surface area contributed by atoms with Gasteiger partial charge in [0.25, 0.3) is 0 Å². The van der Waals surface area contributed by atoms with E-state index < -0.39 is 0 Å². The number of allylic oxidation sites excluding steroid dienone is 1. The Morgan fingerprint density at radius 1 is 1.09 bits per heavy atom. The molecule has 0 atom stereocenters. The van der Waals surface area contributed by atoms with Gasteiger partial charge in [0.1, 0.15) is 0 Å². The average Bonchev–Trinajstić information content (AvgIpc) is 2.95. The SMILES string of the molecule is Cc1nn(-c2ccccc2)cc1/C=C/C(=O)c1ccc(Cl)cc1. The maximum Gasteiger partial charge on any atom is 0.185 e. The molecule has 4 heteroatoms. The van der Waals surface area contributed by atoms with Gasteiger partial charge in [0.15, 0.2) is 5.78 Å². The predicted molar refractivity (Wildman–Crippen MR) is 93.1 cm³/mol. The van der Waals surface area contributed by atoms with E-state index in [0.717, 1.165) is 16.9 Å². The molecule has 0 saturated heterocycles. The summed E-state index contributed by atoms with van der Waals surface area (Å²) in [6.45, 7) is 1.92. The molecule has 1 heterocycles. The van der Waals surface area contributed by atoms with Gasteiger partial charge in [-0.1, -0.05) is 29.8 Å². The van der Waals surface area contributed by atoms with Crippen LogP contribution in [0.5, 0.6) is 0 Å². The van der Waals surface area contributed by atoms with Crippen molar-refractivity contribution in [1.29, 1.82) is 0 Å². The average molecular weight is 323 g/mol. The van der Waals surface area contributed by atoms with E-state index in [4.69, 9.17) is 11.6 Å². The second-order valence-corrected chi connectivity index (χ2v) is 5.59. The topological polar surface area (TPSA) is 34.9 Å². The van der Waals surface area contributed by atoms with E-state index in [9.17, 15) is 4.79 Å². The largest absolute Gasteiger partial charge is 0.289 e. The highest BCUT2D eigenvalue weighted by Crippen LogP contribution is 2.15. The number of carbonyl (C=O) groups is 1. The number of hydrogen-bond donors (Lipinski definition) is 0. The zero-order valence-electron chi connectivity index (χ0n) is 12.6. The monoisotopic (exact) mass is 322 g/mol. The van der Waals surface area contributed by atoms with Crippen molar-refractivity contribution in [3.05, 3.63) is 88.7 Å². The Balaban J connectivity index is 1.81. The molecule has 0 saturated carbocycles. The number of hydrogen-bond acceptors (Lipinski definition) is 2. The smallest absolute Gasteiger partial charge is 0.185 e. The van der Waals surface area contributed by atoms with E-state index in [1.54, 1.807) is 36.4 Å². The van der Waals surface area contributed by atoms with E-state index in [0.29, 0.717) is 10.6 Å². The minimum Gasteiger partial charge on any atom is -0.289 e. The lowest BCUT2D eigenvalue weighted by molar-refractivity contribution is 0.104. The fraction of sp³-hybridized carbons (Fsp3) is 0.0526. The summed E-state index contributed by atoms with van der Waals surface area (Å²) in [4.78, 5) is 12.2. The van der Waals surface area contributed by atoms with Crippen LogP contribution in [-0.4, -0.2) is 15.6 Å². The third kappa shape index (κ3) is 3.58. The first-order valence-electron chi connectivity index (χ1n) is 7.23. The van der Waals surface area contributed by atoms with Gasteiger partial charge in [-0.25, -0.2) is 4.68 Å². The summed E-state index contributed by atoms with van der Waals surface area (Å²) in [5.41, 5.74) is 3.38. The Morgan fingerprint density at radius 2 is 1.78 bits per heavy atom. The van der Waals surface area contributed by atoms with Gasteiger partial charge >= 0.3 is 0 Å². The number of ketones is 1. The molecule has 0 fully saturated rings. The standard InChI is InChI=1S/C19H15ClN2O/c1-14-16(13-22(21-14)18-5-3-2-4-6-18)9-12-19(23)15-7-10-17(20)11-8-15/h2-13H,1H3/b12-9+. The summed E-state index contributed by atoms with van der Waals surface area (Å²) in [6, 6.07) is 16.7. The first-order chi connectivity index (χ1) is 11.1. The van der Waals surface area contributed by atoms with E-state index >= 15 is 0 Å². The van der Waals surface area contributed by atoms with Crippen molar-refractivity contribution in [1.82, 2.24) is 9.78 Å². The quantitative estimate of drug-likeness (QED) is 0.514. The Bertz CT molecular complexity index is 849. The summed E-state index contributed by atoms with van der Waals surface area (Å²) in [5, 5.41) is 5.10. The van der Waals surface area contributed by atoms with Crippen molar-refractivity contribution >= 4 is 23.5 Å². The minimum absolute atomic E-state index is 0.0615. The number of aromatic nitrogens is 2. The highest BCUT2D eigenvalue weighted by Gasteiger charge is 2.05. The number of benzene rings is 2. The Labute approximate surface area is 139 Å². The first kappa shape index (κ1) is 15.3. The van der Waals surface area contributed by atoms with Crippen LogP contribution in [0.1, 0.15) is 21.6 Å². The van der Waals surface area contributed by atoms with E-state index in [2.05, 4.69) is 5.10 Å². The fourth-order valence-corrected chi connectivity index (χ4v) is 2.35. The maximum atomic E-state index is 12.2. The molecule has 0 aliphatic heterocycles. The molecule has 3 rings (SSSR count). The van der Waals surface area contributed by atoms with Gasteiger partial charge in [-0.3, -0.25) is 4.79 Å². The summed E-state index contributed by atoms with van der Waals surface area (Å²) in [6.07, 6.45) is 5.26. The lowest BCUT2D eigenvalue weighted by Crippen LogP contribution is -1.93. The summed E-state index contributed by atoms with van der Waals surface area (Å²) in [5.74, 6) is -0.0615. The normalized spacial score (nSPS) is 11.0. The van der Waals surface area contributed by atoms with Crippen molar-refractivity contribution in [2.75, 3.05) is 0 Å². The van der Waals surface area contributed by atoms with Crippen molar-refractivity contribution in [2.24, 2.45) is 0 Å². The Hall–Kier alpha value is -2.65. The predicted octanol–water partition coefficient (Wildman–Crippen LogP) is 4.73. The van der Waals surface area contributed by atoms with Gasteiger partial charge in [-0.05, 0) is 55.5 Å². The molecule has 0 bridgehead atoms. The van der Waals surface area contributed by atoms with Gasteiger partial charge in [0.05, 0.1) is 11.4 Å².